The minimum Gasteiger partial charge on any atom is -0.443 e. The summed E-state index contributed by atoms with van der Waals surface area (Å²) in [5.41, 5.74) is 2.31. The second kappa shape index (κ2) is 7.53. The SMILES string of the molecule is CC(C)(C)OC(=O)NN1CCC(C(C)(C)O[SiH2]C(C)(C)C)CC1. The number of hydrogen-bond donors (Lipinski definition) is 1. The average Bonchev–Trinajstić information content (AvgIpc) is 2.34. The molecule has 1 aliphatic rings. The lowest BCUT2D eigenvalue weighted by molar-refractivity contribution is -0.00931. The number of nitrogens with one attached hydrogen (secondary N) is 1. The summed E-state index contributed by atoms with van der Waals surface area (Å²) in [6, 6.07) is 0. The number of hydrazine groups is 1. The fourth-order valence-electron chi connectivity index (χ4n) is 2.64. The van der Waals surface area contributed by atoms with Gasteiger partial charge >= 0.3 is 6.09 Å². The summed E-state index contributed by atoms with van der Waals surface area (Å²) in [4.78, 5) is 11.8. The Balaban J connectivity index is 2.41. The number of hydrogen-bond acceptors (Lipinski definition) is 4. The Morgan fingerprint density at radius 3 is 2.00 bits per heavy atom. The fraction of sp³-hybridized carbons (Fsp3) is 0.941. The Bertz CT molecular complexity index is 392. The molecule has 5 nitrogen and oxygen atoms in total. The molecule has 1 fully saturated rings. The highest BCUT2D eigenvalue weighted by Gasteiger charge is 2.34. The van der Waals surface area contributed by atoms with E-state index in [9.17, 15) is 4.79 Å². The molecule has 23 heavy (non-hydrogen) atoms. The number of piperidine rings is 1. The summed E-state index contributed by atoms with van der Waals surface area (Å²) in [7, 11) is -0.554. The minimum atomic E-state index is -0.554. The Kier molecular flexibility index (Phi) is 6.70. The quantitative estimate of drug-likeness (QED) is 0.796. The van der Waals surface area contributed by atoms with Crippen LogP contribution in [0.4, 0.5) is 4.79 Å². The van der Waals surface area contributed by atoms with Crippen molar-refractivity contribution in [1.29, 1.82) is 0 Å². The highest BCUT2D eigenvalue weighted by molar-refractivity contribution is 6.31. The van der Waals surface area contributed by atoms with Crippen LogP contribution in [0, 0.1) is 5.92 Å². The van der Waals surface area contributed by atoms with Crippen LogP contribution in [0.5, 0.6) is 0 Å². The summed E-state index contributed by atoms with van der Waals surface area (Å²) in [5.74, 6) is 0.536. The monoisotopic (exact) mass is 344 g/mol. The van der Waals surface area contributed by atoms with Crippen LogP contribution in [0.1, 0.15) is 68.2 Å². The van der Waals surface area contributed by atoms with Crippen molar-refractivity contribution in [2.75, 3.05) is 13.1 Å². The van der Waals surface area contributed by atoms with E-state index < -0.39 is 15.4 Å². The van der Waals surface area contributed by atoms with Crippen molar-refractivity contribution >= 4 is 15.9 Å². The molecule has 1 aliphatic heterocycles. The van der Waals surface area contributed by atoms with Crippen molar-refractivity contribution in [3.63, 3.8) is 0 Å². The van der Waals surface area contributed by atoms with Gasteiger partial charge in [-0.05, 0) is 58.4 Å². The largest absolute Gasteiger partial charge is 0.443 e. The number of ether oxygens (including phenoxy) is 1. The van der Waals surface area contributed by atoms with Gasteiger partial charge in [-0.15, -0.1) is 0 Å². The van der Waals surface area contributed by atoms with Crippen molar-refractivity contribution in [2.24, 2.45) is 5.92 Å². The maximum Gasteiger partial charge on any atom is 0.422 e. The van der Waals surface area contributed by atoms with Crippen molar-refractivity contribution in [1.82, 2.24) is 10.4 Å². The summed E-state index contributed by atoms with van der Waals surface area (Å²) in [6.45, 7) is 18.5. The van der Waals surface area contributed by atoms with Crippen LogP contribution in [0.25, 0.3) is 0 Å². The molecule has 6 heteroatoms. The standard InChI is InChI=1S/C17H36N2O3Si/c1-15(2,3)21-14(20)18-19-11-9-13(10-12-19)17(7,8)22-23-16(4,5)6/h13H,9-12,23H2,1-8H3,(H,18,20). The van der Waals surface area contributed by atoms with Crippen LogP contribution >= 0.6 is 0 Å². The lowest BCUT2D eigenvalue weighted by atomic mass is 9.83. The third-order valence-electron chi connectivity index (χ3n) is 4.00. The maximum absolute atomic E-state index is 11.8. The lowest BCUT2D eigenvalue weighted by Gasteiger charge is -2.41. The zero-order valence-electron chi connectivity index (χ0n) is 16.3. The zero-order chi connectivity index (χ0) is 17.9. The molecule has 0 saturated carbocycles. The second-order valence-corrected chi connectivity index (χ2v) is 12.0. The topological polar surface area (TPSA) is 50.8 Å². The van der Waals surface area contributed by atoms with Gasteiger partial charge in [-0.2, -0.15) is 0 Å². The fourth-order valence-corrected chi connectivity index (χ4v) is 3.68. The van der Waals surface area contributed by atoms with Crippen LogP contribution in [0.2, 0.25) is 5.04 Å². The molecule has 0 spiro atoms. The molecule has 0 atom stereocenters. The molecule has 136 valence electrons. The zero-order valence-corrected chi connectivity index (χ0v) is 17.7. The molecule has 1 rings (SSSR count). The summed E-state index contributed by atoms with van der Waals surface area (Å²) in [6.07, 6.45) is 1.69. The molecule has 0 radical (unpaired) electrons. The lowest BCUT2D eigenvalue weighted by Crippen LogP contribution is -2.51. The first-order valence-electron chi connectivity index (χ1n) is 8.67. The van der Waals surface area contributed by atoms with E-state index in [4.69, 9.17) is 9.16 Å². The summed E-state index contributed by atoms with van der Waals surface area (Å²) < 4.78 is 11.6. The maximum atomic E-state index is 11.8. The van der Waals surface area contributed by atoms with Gasteiger partial charge in [0.1, 0.15) is 5.60 Å². The van der Waals surface area contributed by atoms with E-state index in [1.54, 1.807) is 0 Å². The Morgan fingerprint density at radius 2 is 1.57 bits per heavy atom. The van der Waals surface area contributed by atoms with Gasteiger partial charge in [0.15, 0.2) is 9.76 Å². The van der Waals surface area contributed by atoms with Gasteiger partial charge in [0.05, 0.1) is 5.60 Å². The molecule has 0 unspecified atom stereocenters. The average molecular weight is 345 g/mol. The first-order valence-corrected chi connectivity index (χ1v) is 9.95. The third kappa shape index (κ3) is 8.17. The van der Waals surface area contributed by atoms with E-state index in [0.29, 0.717) is 11.0 Å². The molecule has 0 aromatic rings. The molecule has 1 amide bonds. The van der Waals surface area contributed by atoms with E-state index in [1.165, 1.54) is 0 Å². The molecular formula is C17H36N2O3Si. The predicted octanol–water partition coefficient (Wildman–Crippen LogP) is 3.24. The van der Waals surface area contributed by atoms with Crippen molar-refractivity contribution in [3.05, 3.63) is 0 Å². The van der Waals surface area contributed by atoms with Crippen molar-refractivity contribution < 1.29 is 14.0 Å². The van der Waals surface area contributed by atoms with Gasteiger partial charge in [0.2, 0.25) is 0 Å². The normalized spacial score (nSPS) is 19.3. The van der Waals surface area contributed by atoms with Crippen molar-refractivity contribution in [2.45, 2.75) is 84.5 Å². The van der Waals surface area contributed by atoms with E-state index in [2.05, 4.69) is 40.0 Å². The van der Waals surface area contributed by atoms with Gasteiger partial charge in [-0.3, -0.25) is 5.43 Å². The van der Waals surface area contributed by atoms with Gasteiger partial charge in [-0.1, -0.05) is 20.8 Å². The molecule has 0 aromatic carbocycles. The Hall–Kier alpha value is -0.593. The molecule has 1 heterocycles. The van der Waals surface area contributed by atoms with E-state index in [-0.39, 0.29) is 11.7 Å². The number of nitrogens with zero attached hydrogens (tertiary/aromatic N) is 1. The van der Waals surface area contributed by atoms with Crippen LogP contribution in [-0.4, -0.2) is 45.2 Å². The van der Waals surface area contributed by atoms with E-state index in [1.807, 2.05) is 25.8 Å². The number of carbonyl (C=O) groups excluding carboxylic acids is 1. The van der Waals surface area contributed by atoms with Gasteiger partial charge in [0.25, 0.3) is 0 Å². The minimum absolute atomic E-state index is 0.0719. The molecule has 0 bridgehead atoms. The van der Waals surface area contributed by atoms with E-state index in [0.717, 1.165) is 25.9 Å². The Labute approximate surface area is 144 Å². The predicted molar refractivity (Wildman–Crippen MR) is 97.1 cm³/mol. The molecule has 0 aliphatic carbocycles. The first kappa shape index (κ1) is 20.5. The molecular weight excluding hydrogens is 308 g/mol. The van der Waals surface area contributed by atoms with Gasteiger partial charge in [-0.25, -0.2) is 9.80 Å². The first-order chi connectivity index (χ1) is 10.3. The Morgan fingerprint density at radius 1 is 1.04 bits per heavy atom. The molecule has 1 N–H and O–H groups in total. The van der Waals surface area contributed by atoms with Crippen LogP contribution in [0.15, 0.2) is 0 Å². The van der Waals surface area contributed by atoms with Crippen LogP contribution in [-0.2, 0) is 9.16 Å². The van der Waals surface area contributed by atoms with Crippen LogP contribution < -0.4 is 5.43 Å². The number of amides is 1. The molecule has 1 saturated heterocycles. The summed E-state index contributed by atoms with van der Waals surface area (Å²) in [5, 5.41) is 2.28. The van der Waals surface area contributed by atoms with Gasteiger partial charge < -0.3 is 9.16 Å². The highest BCUT2D eigenvalue weighted by atomic mass is 28.2. The van der Waals surface area contributed by atoms with Crippen LogP contribution in [0.3, 0.4) is 0 Å². The third-order valence-corrected chi connectivity index (χ3v) is 5.76. The number of rotatable bonds is 4. The highest BCUT2D eigenvalue weighted by Crippen LogP contribution is 2.32. The summed E-state index contributed by atoms with van der Waals surface area (Å²) >= 11 is 0. The van der Waals surface area contributed by atoms with Crippen molar-refractivity contribution in [3.8, 4) is 0 Å². The smallest absolute Gasteiger partial charge is 0.422 e. The second-order valence-electron chi connectivity index (χ2n) is 9.33. The van der Waals surface area contributed by atoms with E-state index >= 15 is 0 Å². The number of carbonyl (C=O) groups is 1. The molecule has 0 aromatic heterocycles. The van der Waals surface area contributed by atoms with Gasteiger partial charge in [0, 0.05) is 13.1 Å².